The fourth-order valence-electron chi connectivity index (χ4n) is 4.46. The van der Waals surface area contributed by atoms with Crippen LogP contribution in [-0.2, 0) is 18.9 Å². The summed E-state index contributed by atoms with van der Waals surface area (Å²) in [6.07, 6.45) is 1.45. The molecule has 3 aromatic carbocycles. The van der Waals surface area contributed by atoms with Crippen molar-refractivity contribution in [3.05, 3.63) is 130 Å². The fraction of sp³-hybridized carbons (Fsp3) is 0.156. The molecule has 1 aliphatic heterocycles. The zero-order chi connectivity index (χ0) is 30.3. The van der Waals surface area contributed by atoms with Crippen molar-refractivity contribution in [1.29, 1.82) is 0 Å². The first kappa shape index (κ1) is 28.8. The van der Waals surface area contributed by atoms with E-state index in [-0.39, 0.29) is 28.1 Å². The maximum Gasteiger partial charge on any atom is 0.351 e. The molecule has 4 aromatic rings. The van der Waals surface area contributed by atoms with Gasteiger partial charge in [0, 0.05) is 6.20 Å². The fourth-order valence-corrected chi connectivity index (χ4v) is 4.46. The topological polar surface area (TPSA) is 149 Å². The third kappa shape index (κ3) is 6.45. The number of benzene rings is 3. The highest BCUT2D eigenvalue weighted by atomic mass is 16.7. The van der Waals surface area contributed by atoms with E-state index in [0.29, 0.717) is 0 Å². The molecule has 4 atom stereocenters. The highest BCUT2D eigenvalue weighted by Gasteiger charge is 2.51. The van der Waals surface area contributed by atoms with Crippen LogP contribution in [0, 0.1) is 12.3 Å². The van der Waals surface area contributed by atoms with Gasteiger partial charge in [0.25, 0.3) is 0 Å². The van der Waals surface area contributed by atoms with Gasteiger partial charge in [-0.25, -0.2) is 19.2 Å². The summed E-state index contributed by atoms with van der Waals surface area (Å²) in [5.41, 5.74) is 5.69. The van der Waals surface area contributed by atoms with Gasteiger partial charge in [0.2, 0.25) is 0 Å². The lowest BCUT2D eigenvalue weighted by Gasteiger charge is -2.25. The summed E-state index contributed by atoms with van der Waals surface area (Å²) in [6.45, 7) is -0.421. The quantitative estimate of drug-likeness (QED) is 0.188. The lowest BCUT2D eigenvalue weighted by molar-refractivity contribution is -0.0639. The van der Waals surface area contributed by atoms with Gasteiger partial charge in [-0.15, -0.1) is 6.42 Å². The van der Waals surface area contributed by atoms with Crippen LogP contribution in [0.2, 0.25) is 0 Å². The highest BCUT2D eigenvalue weighted by molar-refractivity contribution is 5.91. The predicted octanol–water partition coefficient (Wildman–Crippen LogP) is 3.01. The molecular formula is C32H25N3O8. The second kappa shape index (κ2) is 12.8. The first-order chi connectivity index (χ1) is 20.9. The molecule has 11 heteroatoms. The summed E-state index contributed by atoms with van der Waals surface area (Å²) in [5.74, 6) is -0.0546. The molecule has 0 amide bonds. The Balaban J connectivity index is 1.53. The Hall–Kier alpha value is -5.73. The number of carbonyl (C=O) groups is 3. The van der Waals surface area contributed by atoms with Crippen LogP contribution in [0.15, 0.2) is 102 Å². The van der Waals surface area contributed by atoms with Crippen LogP contribution >= 0.6 is 0 Å². The first-order valence-corrected chi connectivity index (χ1v) is 13.1. The molecule has 216 valence electrons. The van der Waals surface area contributed by atoms with E-state index in [1.165, 1.54) is 18.3 Å². The lowest BCUT2D eigenvalue weighted by Crippen LogP contribution is -2.42. The Bertz CT molecular complexity index is 1720. The van der Waals surface area contributed by atoms with Gasteiger partial charge in [0.1, 0.15) is 18.5 Å². The number of nitrogens with zero attached hydrogens (tertiary/aromatic N) is 2. The van der Waals surface area contributed by atoms with Crippen molar-refractivity contribution < 1.29 is 33.3 Å². The number of anilines is 1. The molecule has 0 spiro atoms. The molecule has 1 fully saturated rings. The summed E-state index contributed by atoms with van der Waals surface area (Å²) < 4.78 is 24.3. The van der Waals surface area contributed by atoms with Crippen molar-refractivity contribution in [1.82, 2.24) is 9.55 Å². The number of ether oxygens (including phenoxy) is 4. The lowest BCUT2D eigenvalue weighted by atomic mass is 10.1. The van der Waals surface area contributed by atoms with E-state index in [1.807, 2.05) is 0 Å². The second-order valence-electron chi connectivity index (χ2n) is 9.38. The average Bonchev–Trinajstić information content (AvgIpc) is 3.36. The van der Waals surface area contributed by atoms with Gasteiger partial charge in [0.15, 0.2) is 18.4 Å². The summed E-state index contributed by atoms with van der Waals surface area (Å²) >= 11 is 0. The molecule has 1 aromatic heterocycles. The van der Waals surface area contributed by atoms with Gasteiger partial charge >= 0.3 is 23.6 Å². The standard InChI is InChI=1S/C32H25N3O8/c1-2-20-18-35(32(39)34-27(20)33)28-26(43-31(38)23-16-10-5-11-17-23)25(42-30(37)22-14-8-4-9-15-22)24(41-28)19-40-29(36)21-12-6-3-7-13-21/h1,3-18,24-26,28H,19H2,(H2,33,34,39)/t24-,25-,26-,28-/m1/s1. The van der Waals surface area contributed by atoms with E-state index in [0.717, 1.165) is 4.57 Å². The van der Waals surface area contributed by atoms with Gasteiger partial charge in [-0.05, 0) is 36.4 Å². The van der Waals surface area contributed by atoms with Gasteiger partial charge in [-0.1, -0.05) is 60.5 Å². The minimum Gasteiger partial charge on any atom is -0.459 e. The number of hydrogen-bond donors (Lipinski definition) is 1. The van der Waals surface area contributed by atoms with E-state index in [1.54, 1.807) is 78.9 Å². The van der Waals surface area contributed by atoms with E-state index in [4.69, 9.17) is 31.1 Å². The van der Waals surface area contributed by atoms with E-state index in [9.17, 15) is 19.2 Å². The van der Waals surface area contributed by atoms with Crippen LogP contribution in [0.5, 0.6) is 0 Å². The Kier molecular flexibility index (Phi) is 8.60. The molecule has 0 unspecified atom stereocenters. The van der Waals surface area contributed by atoms with Crippen molar-refractivity contribution in [2.75, 3.05) is 12.3 Å². The molecular weight excluding hydrogens is 554 g/mol. The van der Waals surface area contributed by atoms with E-state index < -0.39 is 54.7 Å². The molecule has 0 aliphatic carbocycles. The number of carbonyl (C=O) groups excluding carboxylic acids is 3. The van der Waals surface area contributed by atoms with Crippen LogP contribution in [0.1, 0.15) is 42.9 Å². The van der Waals surface area contributed by atoms with Gasteiger partial charge in [-0.2, -0.15) is 4.98 Å². The smallest absolute Gasteiger partial charge is 0.351 e. The van der Waals surface area contributed by atoms with Gasteiger partial charge < -0.3 is 24.7 Å². The zero-order valence-electron chi connectivity index (χ0n) is 22.6. The molecule has 0 bridgehead atoms. The van der Waals surface area contributed by atoms with Gasteiger partial charge in [0.05, 0.1) is 22.3 Å². The minimum absolute atomic E-state index is 0.0770. The Morgan fingerprint density at radius 2 is 1.30 bits per heavy atom. The maximum atomic E-state index is 13.2. The van der Waals surface area contributed by atoms with E-state index in [2.05, 4.69) is 10.9 Å². The molecule has 2 heterocycles. The van der Waals surface area contributed by atoms with Crippen LogP contribution in [0.25, 0.3) is 0 Å². The average molecular weight is 580 g/mol. The summed E-state index contributed by atoms with van der Waals surface area (Å²) in [5, 5.41) is 0. The van der Waals surface area contributed by atoms with Crippen molar-refractivity contribution in [3.8, 4) is 12.3 Å². The molecule has 2 N–H and O–H groups in total. The highest BCUT2D eigenvalue weighted by Crippen LogP contribution is 2.35. The largest absolute Gasteiger partial charge is 0.459 e. The SMILES string of the molecule is C#Cc1cn([C@@H]2O[C@H](COC(=O)c3ccccc3)[C@@H](OC(=O)c3ccccc3)[C@H]2OC(=O)c2ccccc2)c(=O)nc1N. The number of nitrogen functional groups attached to an aromatic ring is 1. The number of hydrogen-bond acceptors (Lipinski definition) is 10. The van der Waals surface area contributed by atoms with Crippen molar-refractivity contribution in [2.45, 2.75) is 24.5 Å². The van der Waals surface area contributed by atoms with Crippen molar-refractivity contribution in [2.24, 2.45) is 0 Å². The number of aromatic nitrogens is 2. The van der Waals surface area contributed by atoms with E-state index >= 15 is 0 Å². The number of nitrogens with two attached hydrogens (primary N) is 1. The first-order valence-electron chi connectivity index (χ1n) is 13.1. The monoisotopic (exact) mass is 579 g/mol. The van der Waals surface area contributed by atoms with Crippen LogP contribution in [0.3, 0.4) is 0 Å². The minimum atomic E-state index is -1.41. The molecule has 1 saturated heterocycles. The molecule has 0 saturated carbocycles. The van der Waals surface area contributed by atoms with Crippen LogP contribution in [0.4, 0.5) is 5.82 Å². The van der Waals surface area contributed by atoms with Crippen molar-refractivity contribution >= 4 is 23.7 Å². The third-order valence-electron chi connectivity index (χ3n) is 6.59. The maximum absolute atomic E-state index is 13.2. The second-order valence-corrected chi connectivity index (χ2v) is 9.38. The third-order valence-corrected chi connectivity index (χ3v) is 6.59. The number of terminal acetylenes is 1. The van der Waals surface area contributed by atoms with Crippen molar-refractivity contribution in [3.63, 3.8) is 0 Å². The Labute approximate surface area is 245 Å². The molecule has 1 aliphatic rings. The number of esters is 3. The Morgan fingerprint density at radius 1 is 0.814 bits per heavy atom. The Morgan fingerprint density at radius 3 is 1.81 bits per heavy atom. The summed E-state index contributed by atoms with van der Waals surface area (Å²) in [4.78, 5) is 56.0. The van der Waals surface area contributed by atoms with Crippen LogP contribution in [-0.4, -0.2) is 52.4 Å². The number of rotatable bonds is 8. The summed E-state index contributed by atoms with van der Waals surface area (Å²) in [6, 6.07) is 24.4. The molecule has 43 heavy (non-hydrogen) atoms. The van der Waals surface area contributed by atoms with Crippen LogP contribution < -0.4 is 11.4 Å². The van der Waals surface area contributed by atoms with Gasteiger partial charge in [-0.3, -0.25) is 4.57 Å². The molecule has 11 nitrogen and oxygen atoms in total. The molecule has 5 rings (SSSR count). The summed E-state index contributed by atoms with van der Waals surface area (Å²) in [7, 11) is 0. The predicted molar refractivity (Wildman–Crippen MR) is 153 cm³/mol. The zero-order valence-corrected chi connectivity index (χ0v) is 22.6. The molecule has 0 radical (unpaired) electrons. The normalized spacial score (nSPS) is 19.1.